The quantitative estimate of drug-likeness (QED) is 0.557. The van der Waals surface area contributed by atoms with E-state index in [2.05, 4.69) is 30.3 Å². The molecular formula is C18H13BO2S. The molecule has 106 valence electrons. The average molecular weight is 304 g/mol. The van der Waals surface area contributed by atoms with Gasteiger partial charge in [0.15, 0.2) is 0 Å². The normalized spacial score (nSPS) is 11.2. The van der Waals surface area contributed by atoms with Gasteiger partial charge in [0.05, 0.1) is 0 Å². The SMILES string of the molecule is OB(O)c1cccc2c1sc1c(-c3ccccc3)cccc12. The van der Waals surface area contributed by atoms with Crippen molar-refractivity contribution in [2.24, 2.45) is 0 Å². The zero-order valence-electron chi connectivity index (χ0n) is 11.7. The predicted molar refractivity (Wildman–Crippen MR) is 94.6 cm³/mol. The maximum absolute atomic E-state index is 9.60. The van der Waals surface area contributed by atoms with Crippen LogP contribution in [-0.4, -0.2) is 17.2 Å². The molecule has 0 aliphatic rings. The van der Waals surface area contributed by atoms with Crippen molar-refractivity contribution in [2.45, 2.75) is 0 Å². The predicted octanol–water partition coefficient (Wildman–Crippen LogP) is 3.40. The minimum atomic E-state index is -1.45. The first-order valence-corrected chi connectivity index (χ1v) is 7.93. The molecule has 0 bridgehead atoms. The molecule has 22 heavy (non-hydrogen) atoms. The number of hydrogen-bond acceptors (Lipinski definition) is 3. The van der Waals surface area contributed by atoms with E-state index in [0.717, 1.165) is 15.5 Å². The molecule has 3 aromatic carbocycles. The van der Waals surface area contributed by atoms with Gasteiger partial charge in [-0.25, -0.2) is 0 Å². The maximum atomic E-state index is 9.60. The molecule has 0 saturated heterocycles. The third-order valence-electron chi connectivity index (χ3n) is 3.92. The van der Waals surface area contributed by atoms with Crippen LogP contribution < -0.4 is 5.46 Å². The topological polar surface area (TPSA) is 40.5 Å². The lowest BCUT2D eigenvalue weighted by atomic mass is 9.80. The second-order valence-corrected chi connectivity index (χ2v) is 6.27. The monoisotopic (exact) mass is 304 g/mol. The van der Waals surface area contributed by atoms with Gasteiger partial charge in [0.25, 0.3) is 0 Å². The van der Waals surface area contributed by atoms with Gasteiger partial charge in [0, 0.05) is 14.8 Å². The molecule has 0 unspecified atom stereocenters. The van der Waals surface area contributed by atoms with Gasteiger partial charge < -0.3 is 10.0 Å². The van der Waals surface area contributed by atoms with Crippen LogP contribution in [0.4, 0.5) is 0 Å². The highest BCUT2D eigenvalue weighted by Crippen LogP contribution is 2.39. The number of benzene rings is 3. The zero-order chi connectivity index (χ0) is 15.1. The summed E-state index contributed by atoms with van der Waals surface area (Å²) < 4.78 is 2.12. The minimum Gasteiger partial charge on any atom is -0.423 e. The third-order valence-corrected chi connectivity index (χ3v) is 5.22. The second kappa shape index (κ2) is 5.25. The van der Waals surface area contributed by atoms with Gasteiger partial charge in [0.2, 0.25) is 0 Å². The molecule has 4 heteroatoms. The van der Waals surface area contributed by atoms with Crippen LogP contribution in [0.15, 0.2) is 66.7 Å². The average Bonchev–Trinajstić information content (AvgIpc) is 2.94. The molecule has 0 saturated carbocycles. The van der Waals surface area contributed by atoms with Crippen LogP contribution >= 0.6 is 11.3 Å². The molecule has 4 rings (SSSR count). The molecule has 0 spiro atoms. The standard InChI is InChI=1S/C18H13BO2S/c20-19(21)16-11-5-10-15-14-9-4-8-13(17(14)22-18(15)16)12-6-2-1-3-7-12/h1-11,20-21H. The lowest BCUT2D eigenvalue weighted by Crippen LogP contribution is -2.29. The smallest absolute Gasteiger partial charge is 0.423 e. The Morgan fingerprint density at radius 2 is 1.36 bits per heavy atom. The fraction of sp³-hybridized carbons (Fsp3) is 0. The lowest BCUT2D eigenvalue weighted by Gasteiger charge is -2.02. The van der Waals surface area contributed by atoms with Crippen molar-refractivity contribution in [1.29, 1.82) is 0 Å². The first-order chi connectivity index (χ1) is 10.8. The summed E-state index contributed by atoms with van der Waals surface area (Å²) in [6.45, 7) is 0. The molecule has 0 aliphatic carbocycles. The van der Waals surface area contributed by atoms with Crippen molar-refractivity contribution in [3.8, 4) is 11.1 Å². The van der Waals surface area contributed by atoms with Crippen molar-refractivity contribution in [2.75, 3.05) is 0 Å². The summed E-state index contributed by atoms with van der Waals surface area (Å²) >= 11 is 1.62. The van der Waals surface area contributed by atoms with Crippen molar-refractivity contribution in [3.63, 3.8) is 0 Å². The Balaban J connectivity index is 2.10. The number of fused-ring (bicyclic) bond motifs is 3. The van der Waals surface area contributed by atoms with Crippen LogP contribution in [0.2, 0.25) is 0 Å². The Labute approximate surface area is 132 Å². The van der Waals surface area contributed by atoms with Crippen LogP contribution in [0.1, 0.15) is 0 Å². The second-order valence-electron chi connectivity index (χ2n) is 5.25. The summed E-state index contributed by atoms with van der Waals surface area (Å²) in [5, 5.41) is 21.4. The Hall–Kier alpha value is -2.14. The van der Waals surface area contributed by atoms with Gasteiger partial charge in [-0.15, -0.1) is 11.3 Å². The maximum Gasteiger partial charge on any atom is 0.489 e. The van der Waals surface area contributed by atoms with Crippen LogP contribution in [0, 0.1) is 0 Å². The van der Waals surface area contributed by atoms with E-state index >= 15 is 0 Å². The van der Waals surface area contributed by atoms with Crippen molar-refractivity contribution in [3.05, 3.63) is 66.7 Å². The zero-order valence-corrected chi connectivity index (χ0v) is 12.5. The fourth-order valence-corrected chi connectivity index (χ4v) is 4.26. The third kappa shape index (κ3) is 2.04. The number of hydrogen-bond donors (Lipinski definition) is 2. The van der Waals surface area contributed by atoms with Crippen LogP contribution in [0.25, 0.3) is 31.3 Å². The molecule has 1 aromatic heterocycles. The summed E-state index contributed by atoms with van der Waals surface area (Å²) in [7, 11) is -1.45. The van der Waals surface area contributed by atoms with Gasteiger partial charge >= 0.3 is 7.12 Å². The van der Waals surface area contributed by atoms with Gasteiger partial charge in [0.1, 0.15) is 0 Å². The van der Waals surface area contributed by atoms with Crippen molar-refractivity contribution >= 4 is 44.1 Å². The molecule has 0 radical (unpaired) electrons. The lowest BCUT2D eigenvalue weighted by molar-refractivity contribution is 0.426. The largest absolute Gasteiger partial charge is 0.489 e. The van der Waals surface area contributed by atoms with Crippen LogP contribution in [0.5, 0.6) is 0 Å². The summed E-state index contributed by atoms with van der Waals surface area (Å²) in [4.78, 5) is 0. The Bertz CT molecular complexity index is 961. The fourth-order valence-electron chi connectivity index (χ4n) is 2.89. The molecule has 2 nitrogen and oxygen atoms in total. The van der Waals surface area contributed by atoms with Crippen LogP contribution in [-0.2, 0) is 0 Å². The number of rotatable bonds is 2. The van der Waals surface area contributed by atoms with E-state index in [9.17, 15) is 10.0 Å². The van der Waals surface area contributed by atoms with Crippen molar-refractivity contribution < 1.29 is 10.0 Å². The molecule has 0 fully saturated rings. The highest BCUT2D eigenvalue weighted by molar-refractivity contribution is 7.27. The first-order valence-electron chi connectivity index (χ1n) is 7.11. The van der Waals surface area contributed by atoms with E-state index in [1.165, 1.54) is 15.8 Å². The summed E-state index contributed by atoms with van der Waals surface area (Å²) in [6.07, 6.45) is 0. The molecule has 2 N–H and O–H groups in total. The number of thiophene rings is 1. The molecule has 4 aromatic rings. The van der Waals surface area contributed by atoms with E-state index in [0.29, 0.717) is 5.46 Å². The van der Waals surface area contributed by atoms with Gasteiger partial charge in [-0.1, -0.05) is 66.7 Å². The molecule has 0 atom stereocenters. The van der Waals surface area contributed by atoms with E-state index in [4.69, 9.17) is 0 Å². The highest BCUT2D eigenvalue weighted by Gasteiger charge is 2.18. The van der Waals surface area contributed by atoms with E-state index in [-0.39, 0.29) is 0 Å². The first kappa shape index (κ1) is 13.5. The van der Waals surface area contributed by atoms with Gasteiger partial charge in [-0.3, -0.25) is 0 Å². The molecule has 0 aliphatic heterocycles. The summed E-state index contributed by atoms with van der Waals surface area (Å²) in [6, 6.07) is 22.2. The molecular weight excluding hydrogens is 291 g/mol. The van der Waals surface area contributed by atoms with E-state index in [1.807, 2.05) is 30.3 Å². The Morgan fingerprint density at radius 1 is 0.682 bits per heavy atom. The van der Waals surface area contributed by atoms with E-state index < -0.39 is 7.12 Å². The van der Waals surface area contributed by atoms with Gasteiger partial charge in [-0.2, -0.15) is 0 Å². The highest BCUT2D eigenvalue weighted by atomic mass is 32.1. The summed E-state index contributed by atoms with van der Waals surface area (Å²) in [5.74, 6) is 0. The molecule has 0 amide bonds. The van der Waals surface area contributed by atoms with Crippen LogP contribution in [0.3, 0.4) is 0 Å². The van der Waals surface area contributed by atoms with Crippen molar-refractivity contribution in [1.82, 2.24) is 0 Å². The Kier molecular flexibility index (Phi) is 3.23. The van der Waals surface area contributed by atoms with Gasteiger partial charge in [-0.05, 0) is 22.0 Å². The summed E-state index contributed by atoms with van der Waals surface area (Å²) in [5.41, 5.74) is 2.92. The molecule has 1 heterocycles. The van der Waals surface area contributed by atoms with E-state index in [1.54, 1.807) is 17.4 Å². The Morgan fingerprint density at radius 3 is 2.09 bits per heavy atom. The minimum absolute atomic E-state index is 0.567.